The van der Waals surface area contributed by atoms with Gasteiger partial charge in [0, 0.05) is 41.2 Å². The molecule has 0 bridgehead atoms. The van der Waals surface area contributed by atoms with Gasteiger partial charge in [-0.05, 0) is 66.3 Å². The van der Waals surface area contributed by atoms with E-state index in [0.29, 0.717) is 22.9 Å². The van der Waals surface area contributed by atoms with Crippen LogP contribution in [-0.2, 0) is 27.7 Å². The molecular weight excluding hydrogens is 631 g/mol. The number of anilines is 1. The number of amides is 1. The van der Waals surface area contributed by atoms with E-state index in [-0.39, 0.29) is 34.3 Å². The van der Waals surface area contributed by atoms with Gasteiger partial charge in [0.1, 0.15) is 11.6 Å². The van der Waals surface area contributed by atoms with Crippen molar-refractivity contribution in [1.82, 2.24) is 15.3 Å². The molecule has 5 rings (SSSR count). The molecule has 0 spiro atoms. The molecule has 46 heavy (non-hydrogen) atoms. The number of fused-ring (bicyclic) bond motifs is 1. The summed E-state index contributed by atoms with van der Waals surface area (Å²) in [5.74, 6) is -3.45. The second kappa shape index (κ2) is 13.7. The van der Waals surface area contributed by atoms with E-state index in [9.17, 15) is 30.8 Å². The maximum atomic E-state index is 15.9. The number of carbonyl (C=O) groups is 1. The van der Waals surface area contributed by atoms with E-state index >= 15 is 4.39 Å². The van der Waals surface area contributed by atoms with Crippen molar-refractivity contribution in [2.24, 2.45) is 11.8 Å². The topological polar surface area (TPSA) is 101 Å². The van der Waals surface area contributed by atoms with Gasteiger partial charge in [-0.1, -0.05) is 26.0 Å². The highest BCUT2D eigenvalue weighted by Gasteiger charge is 2.28. The molecule has 0 saturated carbocycles. The highest BCUT2D eigenvalue weighted by Crippen LogP contribution is 2.31. The molecule has 2 aromatic carbocycles. The average molecular weight is 663 g/mol. The normalized spacial score (nSPS) is 17.2. The van der Waals surface area contributed by atoms with Crippen molar-refractivity contribution in [2.45, 2.75) is 50.7 Å². The Bertz CT molecular complexity index is 1850. The fourth-order valence-electron chi connectivity index (χ4n) is 5.69. The van der Waals surface area contributed by atoms with Crippen molar-refractivity contribution in [3.05, 3.63) is 83.4 Å². The summed E-state index contributed by atoms with van der Waals surface area (Å²) in [7, 11) is -5.15. The van der Waals surface area contributed by atoms with Gasteiger partial charge >= 0.3 is 12.4 Å². The maximum absolute atomic E-state index is 15.9. The molecule has 0 unspecified atom stereocenters. The molecule has 1 fully saturated rings. The smallest absolute Gasteiger partial charge is 0.345 e. The largest absolute Gasteiger partial charge is 0.356 e. The van der Waals surface area contributed by atoms with E-state index < -0.39 is 45.4 Å². The van der Waals surface area contributed by atoms with Crippen LogP contribution in [0.2, 0.25) is 0 Å². The molecule has 1 aliphatic rings. The third-order valence-electron chi connectivity index (χ3n) is 7.69. The van der Waals surface area contributed by atoms with Crippen molar-refractivity contribution in [3.63, 3.8) is 0 Å². The third-order valence-corrected chi connectivity index (χ3v) is 9.06. The maximum Gasteiger partial charge on any atom is 0.345 e. The predicted octanol–water partition coefficient (Wildman–Crippen LogP) is 6.58. The number of sulfone groups is 1. The number of piperidine rings is 1. The number of benzene rings is 2. The van der Waals surface area contributed by atoms with Crippen molar-refractivity contribution in [2.75, 3.05) is 18.0 Å². The standard InChI is InChI=1S/C32H31F5N4O4S/c1-18-8-19(2)16-41(15-18)28-5-3-4-27(40-28)25-7-6-21-13-38-23(12-26(21)29(25)33)14-39-30(42)22-9-20(17-45-31(34)35)10-24(11-22)46(43,44)32(36)37/h3-7,9-13,18-19,31-32H,8,14-17H2,1-2H3,(H,39,42)/t18-,19+. The molecule has 2 aromatic heterocycles. The van der Waals surface area contributed by atoms with Gasteiger partial charge in [0.25, 0.3) is 5.91 Å². The van der Waals surface area contributed by atoms with Crippen LogP contribution in [0.15, 0.2) is 65.7 Å². The zero-order valence-corrected chi connectivity index (χ0v) is 25.7. The van der Waals surface area contributed by atoms with Crippen LogP contribution < -0.4 is 10.2 Å². The fraction of sp³-hybridized carbons (Fsp3) is 0.344. The number of nitrogens with zero attached hydrogens (tertiary/aromatic N) is 3. The van der Waals surface area contributed by atoms with Crippen LogP contribution in [0.4, 0.5) is 27.8 Å². The Morgan fingerprint density at radius 1 is 1.04 bits per heavy atom. The SMILES string of the molecule is C[C@@H]1C[C@H](C)CN(c2cccc(-c3ccc4cnc(CNC(=O)c5cc(COC(F)F)cc(S(=O)(=O)C(F)F)c5)cc4c3F)n2)C1. The quantitative estimate of drug-likeness (QED) is 0.192. The number of rotatable bonds is 10. The third kappa shape index (κ3) is 7.44. The Hall–Kier alpha value is -4.17. The summed E-state index contributed by atoms with van der Waals surface area (Å²) < 4.78 is 95.7. The monoisotopic (exact) mass is 662 g/mol. The van der Waals surface area contributed by atoms with Crippen molar-refractivity contribution in [1.29, 1.82) is 0 Å². The highest BCUT2D eigenvalue weighted by atomic mass is 32.2. The molecule has 2 atom stereocenters. The molecule has 8 nitrogen and oxygen atoms in total. The number of alkyl halides is 4. The molecular formula is C32H31F5N4O4S. The van der Waals surface area contributed by atoms with Gasteiger partial charge in [-0.3, -0.25) is 9.78 Å². The van der Waals surface area contributed by atoms with E-state index in [1.165, 1.54) is 12.3 Å². The number of carbonyl (C=O) groups excluding carboxylic acids is 1. The van der Waals surface area contributed by atoms with Crippen molar-refractivity contribution >= 4 is 32.3 Å². The molecule has 0 radical (unpaired) electrons. The average Bonchev–Trinajstić information content (AvgIpc) is 3.02. The molecule has 4 aromatic rings. The minimum atomic E-state index is -5.15. The number of hydrogen-bond donors (Lipinski definition) is 1. The van der Waals surface area contributed by atoms with Crippen molar-refractivity contribution in [3.8, 4) is 11.3 Å². The van der Waals surface area contributed by atoms with E-state index in [1.54, 1.807) is 18.2 Å². The van der Waals surface area contributed by atoms with Gasteiger partial charge in [-0.25, -0.2) is 17.8 Å². The van der Waals surface area contributed by atoms with Gasteiger partial charge < -0.3 is 15.0 Å². The Labute approximate surface area is 262 Å². The lowest BCUT2D eigenvalue weighted by molar-refractivity contribution is -0.137. The van der Waals surface area contributed by atoms with E-state index in [1.807, 2.05) is 12.1 Å². The molecule has 1 amide bonds. The molecule has 1 N–H and O–H groups in total. The first-order valence-corrected chi connectivity index (χ1v) is 16.0. The van der Waals surface area contributed by atoms with E-state index in [4.69, 9.17) is 4.98 Å². The number of halogens is 5. The van der Waals surface area contributed by atoms with Crippen LogP contribution in [0.3, 0.4) is 0 Å². The van der Waals surface area contributed by atoms with Gasteiger partial charge in [-0.2, -0.15) is 17.6 Å². The molecule has 14 heteroatoms. The summed E-state index contributed by atoms with van der Waals surface area (Å²) in [6.07, 6.45) is 2.57. The van der Waals surface area contributed by atoms with E-state index in [2.05, 4.69) is 33.8 Å². The summed E-state index contributed by atoms with van der Waals surface area (Å²) >= 11 is 0. The molecule has 0 aliphatic carbocycles. The lowest BCUT2D eigenvalue weighted by atomic mass is 9.92. The van der Waals surface area contributed by atoms with Gasteiger partial charge in [0.2, 0.25) is 9.84 Å². The Balaban J connectivity index is 1.38. The first kappa shape index (κ1) is 33.2. The first-order valence-electron chi connectivity index (χ1n) is 14.4. The minimum Gasteiger partial charge on any atom is -0.356 e. The van der Waals surface area contributed by atoms with Gasteiger partial charge in [-0.15, -0.1) is 0 Å². The summed E-state index contributed by atoms with van der Waals surface area (Å²) in [5, 5.41) is 3.21. The Kier molecular flexibility index (Phi) is 9.87. The lowest BCUT2D eigenvalue weighted by Crippen LogP contribution is -2.39. The number of ether oxygens (including phenoxy) is 1. The summed E-state index contributed by atoms with van der Waals surface area (Å²) in [4.78, 5) is 23.2. The highest BCUT2D eigenvalue weighted by molar-refractivity contribution is 7.91. The van der Waals surface area contributed by atoms with E-state index in [0.717, 1.165) is 43.5 Å². The molecule has 244 valence electrons. The van der Waals surface area contributed by atoms with Crippen LogP contribution in [0, 0.1) is 17.7 Å². The zero-order chi connectivity index (χ0) is 33.2. The molecule has 1 aliphatic heterocycles. The number of nitrogens with one attached hydrogen (secondary N) is 1. The van der Waals surface area contributed by atoms with Crippen LogP contribution in [0.1, 0.15) is 41.9 Å². The fourth-order valence-corrected chi connectivity index (χ4v) is 6.50. The van der Waals surface area contributed by atoms with Crippen LogP contribution in [0.25, 0.3) is 22.0 Å². The van der Waals surface area contributed by atoms with Crippen molar-refractivity contribution < 1.29 is 39.9 Å². The molecule has 1 saturated heterocycles. The zero-order valence-electron chi connectivity index (χ0n) is 24.9. The number of hydrogen-bond acceptors (Lipinski definition) is 7. The summed E-state index contributed by atoms with van der Waals surface area (Å²) in [5.41, 5.74) is 0.372. The number of pyridine rings is 2. The second-order valence-corrected chi connectivity index (χ2v) is 13.4. The summed E-state index contributed by atoms with van der Waals surface area (Å²) in [6.45, 7) is 1.83. The molecule has 3 heterocycles. The van der Waals surface area contributed by atoms with Gasteiger partial charge in [0.15, 0.2) is 0 Å². The van der Waals surface area contributed by atoms with Crippen LogP contribution >= 0.6 is 0 Å². The lowest BCUT2D eigenvalue weighted by Gasteiger charge is -2.36. The van der Waals surface area contributed by atoms with Crippen LogP contribution in [0.5, 0.6) is 0 Å². The predicted molar refractivity (Wildman–Crippen MR) is 162 cm³/mol. The second-order valence-electron chi connectivity index (χ2n) is 11.5. The number of aromatic nitrogens is 2. The summed E-state index contributed by atoms with van der Waals surface area (Å²) in [6, 6.07) is 12.8. The first-order chi connectivity index (χ1) is 21.8. The van der Waals surface area contributed by atoms with Gasteiger partial charge in [0.05, 0.1) is 29.4 Å². The Morgan fingerprint density at radius 3 is 2.48 bits per heavy atom. The minimum absolute atomic E-state index is 0.223. The van der Waals surface area contributed by atoms with Crippen LogP contribution in [-0.4, -0.2) is 49.8 Å². The Morgan fingerprint density at radius 2 is 1.78 bits per heavy atom.